The highest BCUT2D eigenvalue weighted by molar-refractivity contribution is 7.13. The first-order chi connectivity index (χ1) is 15.2. The maximum Gasteiger partial charge on any atom is 0.317 e. The molecular formula is C22H23N5O3S. The number of nitrogens with zero attached hydrogens (tertiary/aromatic N) is 3. The Balaban J connectivity index is 1.29. The number of likely N-dealkylation sites (tertiary alicyclic amines) is 1. The number of amides is 3. The van der Waals surface area contributed by atoms with Gasteiger partial charge in [-0.25, -0.2) is 14.8 Å². The van der Waals surface area contributed by atoms with Gasteiger partial charge in [0.2, 0.25) is 11.8 Å². The van der Waals surface area contributed by atoms with Crippen LogP contribution in [-0.2, 0) is 11.3 Å². The SMILES string of the molecule is O=C(Nc1nccs1)[C@@H]1CCCN(C(=O)NCc2ccnc(Oc3ccccc3)c2)C1. The second-order valence-corrected chi connectivity index (χ2v) is 8.08. The fourth-order valence-corrected chi connectivity index (χ4v) is 3.92. The largest absolute Gasteiger partial charge is 0.439 e. The number of carbonyl (C=O) groups is 2. The molecule has 0 unspecified atom stereocenters. The highest BCUT2D eigenvalue weighted by atomic mass is 32.1. The van der Waals surface area contributed by atoms with Gasteiger partial charge in [-0.1, -0.05) is 18.2 Å². The van der Waals surface area contributed by atoms with Crippen LogP contribution in [0.25, 0.3) is 0 Å². The number of nitrogens with one attached hydrogen (secondary N) is 2. The molecule has 0 bridgehead atoms. The lowest BCUT2D eigenvalue weighted by Gasteiger charge is -2.31. The van der Waals surface area contributed by atoms with Crippen LogP contribution in [0.2, 0.25) is 0 Å². The third-order valence-electron chi connectivity index (χ3n) is 4.95. The molecular weight excluding hydrogens is 414 g/mol. The van der Waals surface area contributed by atoms with Crippen molar-refractivity contribution in [3.63, 3.8) is 0 Å². The van der Waals surface area contributed by atoms with Crippen molar-refractivity contribution >= 4 is 28.4 Å². The quantitative estimate of drug-likeness (QED) is 0.610. The second-order valence-electron chi connectivity index (χ2n) is 7.19. The number of pyridine rings is 1. The minimum Gasteiger partial charge on any atom is -0.439 e. The van der Waals surface area contributed by atoms with E-state index in [1.807, 2.05) is 41.8 Å². The Hall–Kier alpha value is -3.46. The summed E-state index contributed by atoms with van der Waals surface area (Å²) in [6.45, 7) is 1.37. The first-order valence-corrected chi connectivity index (χ1v) is 11.0. The first-order valence-electron chi connectivity index (χ1n) is 10.1. The number of anilines is 1. The number of ether oxygens (including phenoxy) is 1. The zero-order valence-electron chi connectivity index (χ0n) is 16.9. The van der Waals surface area contributed by atoms with E-state index in [1.54, 1.807) is 23.4 Å². The van der Waals surface area contributed by atoms with Gasteiger partial charge < -0.3 is 20.3 Å². The van der Waals surface area contributed by atoms with E-state index in [0.29, 0.717) is 36.4 Å². The second kappa shape index (κ2) is 10.0. The zero-order chi connectivity index (χ0) is 21.5. The van der Waals surface area contributed by atoms with Gasteiger partial charge in [0.1, 0.15) is 5.75 Å². The van der Waals surface area contributed by atoms with Crippen molar-refractivity contribution in [1.82, 2.24) is 20.2 Å². The molecule has 31 heavy (non-hydrogen) atoms. The lowest BCUT2D eigenvalue weighted by Crippen LogP contribution is -2.47. The predicted molar refractivity (Wildman–Crippen MR) is 118 cm³/mol. The number of urea groups is 1. The topological polar surface area (TPSA) is 96.5 Å². The molecule has 2 aromatic heterocycles. The molecule has 8 nitrogen and oxygen atoms in total. The predicted octanol–water partition coefficient (Wildman–Crippen LogP) is 3.89. The maximum atomic E-state index is 12.7. The summed E-state index contributed by atoms with van der Waals surface area (Å²) in [7, 11) is 0. The molecule has 160 valence electrons. The Labute approximate surface area is 184 Å². The number of rotatable bonds is 6. The maximum absolute atomic E-state index is 12.7. The van der Waals surface area contributed by atoms with Gasteiger partial charge in [0, 0.05) is 43.5 Å². The van der Waals surface area contributed by atoms with E-state index in [4.69, 9.17) is 4.74 Å². The number of para-hydroxylation sites is 1. The molecule has 3 heterocycles. The number of hydrogen-bond acceptors (Lipinski definition) is 6. The standard InChI is InChI=1S/C22H23N5O3S/c28-20(26-21-24-10-12-31-21)17-5-4-11-27(15-17)22(29)25-14-16-8-9-23-19(13-16)30-18-6-2-1-3-7-18/h1-3,6-10,12-13,17H,4-5,11,14-15H2,(H,25,29)(H,24,26,28)/t17-/m1/s1. The molecule has 1 aliphatic heterocycles. The Morgan fingerprint density at radius 1 is 1.16 bits per heavy atom. The van der Waals surface area contributed by atoms with Crippen LogP contribution in [0.1, 0.15) is 18.4 Å². The Morgan fingerprint density at radius 2 is 2.03 bits per heavy atom. The molecule has 1 fully saturated rings. The molecule has 9 heteroatoms. The molecule has 0 saturated carbocycles. The Bertz CT molecular complexity index is 1010. The molecule has 3 aromatic rings. The fourth-order valence-electron chi connectivity index (χ4n) is 3.38. The van der Waals surface area contributed by atoms with E-state index in [-0.39, 0.29) is 17.9 Å². The van der Waals surface area contributed by atoms with Crippen LogP contribution >= 0.6 is 11.3 Å². The highest BCUT2D eigenvalue weighted by Crippen LogP contribution is 2.21. The van der Waals surface area contributed by atoms with Gasteiger partial charge >= 0.3 is 6.03 Å². The number of benzene rings is 1. The van der Waals surface area contributed by atoms with Crippen LogP contribution in [-0.4, -0.2) is 39.9 Å². The number of thiazole rings is 1. The monoisotopic (exact) mass is 437 g/mol. The summed E-state index contributed by atoms with van der Waals surface area (Å²) in [5.74, 6) is 0.834. The molecule has 0 spiro atoms. The van der Waals surface area contributed by atoms with Crippen LogP contribution in [0.5, 0.6) is 11.6 Å². The van der Waals surface area contributed by atoms with E-state index >= 15 is 0 Å². The van der Waals surface area contributed by atoms with Crippen molar-refractivity contribution in [1.29, 1.82) is 0 Å². The lowest BCUT2D eigenvalue weighted by atomic mass is 9.97. The summed E-state index contributed by atoms with van der Waals surface area (Å²) < 4.78 is 5.74. The van der Waals surface area contributed by atoms with Crippen molar-refractivity contribution in [2.75, 3.05) is 18.4 Å². The van der Waals surface area contributed by atoms with E-state index in [2.05, 4.69) is 20.6 Å². The van der Waals surface area contributed by atoms with Crippen molar-refractivity contribution < 1.29 is 14.3 Å². The van der Waals surface area contributed by atoms with Crippen molar-refractivity contribution in [3.05, 3.63) is 65.8 Å². The summed E-state index contributed by atoms with van der Waals surface area (Å²) in [6, 6.07) is 12.9. The number of carbonyl (C=O) groups excluding carboxylic acids is 2. The van der Waals surface area contributed by atoms with Gasteiger partial charge in [-0.15, -0.1) is 11.3 Å². The van der Waals surface area contributed by atoms with E-state index < -0.39 is 0 Å². The molecule has 4 rings (SSSR count). The van der Waals surface area contributed by atoms with Crippen LogP contribution < -0.4 is 15.4 Å². The summed E-state index contributed by atoms with van der Waals surface area (Å²) in [4.78, 5) is 35.1. The lowest BCUT2D eigenvalue weighted by molar-refractivity contribution is -0.121. The van der Waals surface area contributed by atoms with Gasteiger partial charge in [0.15, 0.2) is 5.13 Å². The smallest absolute Gasteiger partial charge is 0.317 e. The van der Waals surface area contributed by atoms with Crippen LogP contribution in [0.4, 0.5) is 9.93 Å². The molecule has 2 N–H and O–H groups in total. The van der Waals surface area contributed by atoms with E-state index in [1.165, 1.54) is 11.3 Å². The van der Waals surface area contributed by atoms with E-state index in [9.17, 15) is 9.59 Å². The van der Waals surface area contributed by atoms with Gasteiger partial charge in [-0.2, -0.15) is 0 Å². The zero-order valence-corrected chi connectivity index (χ0v) is 17.7. The summed E-state index contributed by atoms with van der Waals surface area (Å²) in [5, 5.41) is 8.14. The van der Waals surface area contributed by atoms with Crippen LogP contribution in [0.3, 0.4) is 0 Å². The number of hydrogen-bond donors (Lipinski definition) is 2. The normalized spacial score (nSPS) is 15.9. The fraction of sp³-hybridized carbons (Fsp3) is 0.273. The van der Waals surface area contributed by atoms with Gasteiger partial charge in [0.05, 0.1) is 5.92 Å². The summed E-state index contributed by atoms with van der Waals surface area (Å²) >= 11 is 1.38. The average molecular weight is 438 g/mol. The molecule has 1 atom stereocenters. The third kappa shape index (κ3) is 5.79. The molecule has 3 amide bonds. The minimum absolute atomic E-state index is 0.0933. The molecule has 0 aliphatic carbocycles. The Morgan fingerprint density at radius 3 is 2.84 bits per heavy atom. The average Bonchev–Trinajstić information content (AvgIpc) is 3.31. The summed E-state index contributed by atoms with van der Waals surface area (Å²) in [5.41, 5.74) is 0.879. The minimum atomic E-state index is -0.241. The van der Waals surface area contributed by atoms with Gasteiger partial charge in [0.25, 0.3) is 0 Å². The molecule has 1 aromatic carbocycles. The van der Waals surface area contributed by atoms with Gasteiger partial charge in [-0.3, -0.25) is 4.79 Å². The highest BCUT2D eigenvalue weighted by Gasteiger charge is 2.28. The van der Waals surface area contributed by atoms with Crippen LogP contribution in [0, 0.1) is 5.92 Å². The molecule has 1 saturated heterocycles. The molecule has 1 aliphatic rings. The van der Waals surface area contributed by atoms with Crippen molar-refractivity contribution in [3.8, 4) is 11.6 Å². The number of piperidine rings is 1. The molecule has 0 radical (unpaired) electrons. The first kappa shape index (κ1) is 20.8. The van der Waals surface area contributed by atoms with Crippen molar-refractivity contribution in [2.24, 2.45) is 5.92 Å². The number of aromatic nitrogens is 2. The van der Waals surface area contributed by atoms with Crippen molar-refractivity contribution in [2.45, 2.75) is 19.4 Å². The van der Waals surface area contributed by atoms with Gasteiger partial charge in [-0.05, 0) is 36.6 Å². The Kier molecular flexibility index (Phi) is 6.73. The van der Waals surface area contributed by atoms with E-state index in [0.717, 1.165) is 18.4 Å². The van der Waals surface area contributed by atoms with Crippen LogP contribution in [0.15, 0.2) is 60.2 Å². The third-order valence-corrected chi connectivity index (χ3v) is 5.64. The summed E-state index contributed by atoms with van der Waals surface area (Å²) in [6.07, 6.45) is 4.84.